The van der Waals surface area contributed by atoms with Gasteiger partial charge in [0.1, 0.15) is 5.76 Å². The number of likely N-dealkylation sites (N-methyl/N-ethyl adjacent to an activating group) is 1. The molecule has 1 aromatic heterocycles. The van der Waals surface area contributed by atoms with Crippen molar-refractivity contribution in [3.8, 4) is 0 Å². The molecule has 1 fully saturated rings. The summed E-state index contributed by atoms with van der Waals surface area (Å²) < 4.78 is 5.52. The fourth-order valence-electron chi connectivity index (χ4n) is 2.14. The Morgan fingerprint density at radius 1 is 1.33 bits per heavy atom. The maximum absolute atomic E-state index is 12.1. The van der Waals surface area contributed by atoms with Crippen LogP contribution in [0, 0.1) is 13.8 Å². The van der Waals surface area contributed by atoms with Crippen LogP contribution in [-0.2, 0) is 11.3 Å². The number of piperazine rings is 1. The topological polar surface area (TPSA) is 61.6 Å². The molecule has 0 aliphatic carbocycles. The molecule has 1 N–H and O–H groups in total. The normalized spacial score (nSPS) is 14.6. The second-order valence-electron chi connectivity index (χ2n) is 5.05. The third-order valence-corrected chi connectivity index (χ3v) is 3.35. The highest BCUT2D eigenvalue weighted by Gasteiger charge is 2.18. The highest BCUT2D eigenvalue weighted by molar-refractivity contribution is 5.85. The fraction of sp³-hybridized carbons (Fsp3) is 0.692. The lowest BCUT2D eigenvalue weighted by Crippen LogP contribution is -2.49. The van der Waals surface area contributed by atoms with Crippen molar-refractivity contribution in [1.82, 2.24) is 20.1 Å². The Hall–Kier alpha value is -0.820. The van der Waals surface area contributed by atoms with E-state index in [2.05, 4.69) is 10.3 Å². The summed E-state index contributed by atoms with van der Waals surface area (Å²) in [6, 6.07) is 0. The third-order valence-electron chi connectivity index (χ3n) is 3.35. The molecular formula is C13H24Cl2N4O2. The van der Waals surface area contributed by atoms with E-state index in [9.17, 15) is 4.79 Å². The molecule has 1 amide bonds. The Labute approximate surface area is 138 Å². The van der Waals surface area contributed by atoms with Crippen molar-refractivity contribution >= 4 is 30.7 Å². The van der Waals surface area contributed by atoms with Crippen LogP contribution in [-0.4, -0.2) is 60.5 Å². The minimum atomic E-state index is 0. The maximum Gasteiger partial charge on any atom is 0.236 e. The molecule has 1 aliphatic rings. The summed E-state index contributed by atoms with van der Waals surface area (Å²) in [6.07, 6.45) is 0. The lowest BCUT2D eigenvalue weighted by atomic mass is 10.3. The van der Waals surface area contributed by atoms with E-state index < -0.39 is 0 Å². The molecule has 2 rings (SSSR count). The number of hydrogen-bond acceptors (Lipinski definition) is 5. The number of carbonyl (C=O) groups excluding carboxylic acids is 1. The van der Waals surface area contributed by atoms with Crippen LogP contribution in [0.2, 0.25) is 0 Å². The molecule has 2 heterocycles. The Balaban J connectivity index is 0.00000200. The van der Waals surface area contributed by atoms with Gasteiger partial charge in [0.05, 0.1) is 18.8 Å². The quantitative estimate of drug-likeness (QED) is 0.887. The van der Waals surface area contributed by atoms with Crippen LogP contribution in [0.5, 0.6) is 0 Å². The van der Waals surface area contributed by atoms with Crippen molar-refractivity contribution in [3.05, 3.63) is 17.3 Å². The first-order chi connectivity index (χ1) is 9.06. The lowest BCUT2D eigenvalue weighted by molar-refractivity contribution is -0.132. The van der Waals surface area contributed by atoms with Crippen LogP contribution in [0.1, 0.15) is 17.3 Å². The van der Waals surface area contributed by atoms with Crippen molar-refractivity contribution < 1.29 is 9.21 Å². The van der Waals surface area contributed by atoms with Gasteiger partial charge in [0.15, 0.2) is 0 Å². The average Bonchev–Trinajstić information content (AvgIpc) is 2.69. The molecule has 0 atom stereocenters. The van der Waals surface area contributed by atoms with E-state index in [0.717, 1.165) is 37.6 Å². The van der Waals surface area contributed by atoms with E-state index >= 15 is 0 Å². The third kappa shape index (κ3) is 5.82. The van der Waals surface area contributed by atoms with Gasteiger partial charge in [-0.25, -0.2) is 4.98 Å². The molecule has 0 spiro atoms. The average molecular weight is 339 g/mol. The molecule has 6 nitrogen and oxygen atoms in total. The maximum atomic E-state index is 12.1. The van der Waals surface area contributed by atoms with Gasteiger partial charge in [0.25, 0.3) is 0 Å². The number of aryl methyl sites for hydroxylation is 2. The summed E-state index contributed by atoms with van der Waals surface area (Å²) in [7, 11) is 1.91. The van der Waals surface area contributed by atoms with Gasteiger partial charge in [-0.05, 0) is 20.9 Å². The van der Waals surface area contributed by atoms with Gasteiger partial charge < -0.3 is 14.6 Å². The number of hydrogen-bond donors (Lipinski definition) is 1. The highest BCUT2D eigenvalue weighted by Crippen LogP contribution is 2.10. The van der Waals surface area contributed by atoms with Gasteiger partial charge in [0, 0.05) is 26.2 Å². The number of amides is 1. The number of rotatable bonds is 4. The number of nitrogens with one attached hydrogen (secondary N) is 1. The molecule has 0 aromatic carbocycles. The van der Waals surface area contributed by atoms with Crippen molar-refractivity contribution in [2.24, 2.45) is 0 Å². The van der Waals surface area contributed by atoms with Gasteiger partial charge in [0.2, 0.25) is 11.8 Å². The zero-order chi connectivity index (χ0) is 13.8. The fourth-order valence-corrected chi connectivity index (χ4v) is 2.14. The van der Waals surface area contributed by atoms with Crippen molar-refractivity contribution in [2.45, 2.75) is 20.4 Å². The Kier molecular flexibility index (Phi) is 8.89. The molecule has 0 radical (unpaired) electrons. The van der Waals surface area contributed by atoms with Crippen LogP contribution in [0.3, 0.4) is 0 Å². The van der Waals surface area contributed by atoms with Gasteiger partial charge in [-0.15, -0.1) is 24.8 Å². The summed E-state index contributed by atoms with van der Waals surface area (Å²) >= 11 is 0. The first kappa shape index (κ1) is 20.2. The first-order valence-corrected chi connectivity index (χ1v) is 6.66. The van der Waals surface area contributed by atoms with Crippen molar-refractivity contribution in [1.29, 1.82) is 0 Å². The SMILES string of the molecule is Cc1nc(CN(C)CC(=O)N2CCNCC2)oc1C.Cl.Cl. The van der Waals surface area contributed by atoms with Crippen molar-refractivity contribution in [3.63, 3.8) is 0 Å². The largest absolute Gasteiger partial charge is 0.444 e. The van der Waals surface area contributed by atoms with E-state index in [1.54, 1.807) is 0 Å². The second-order valence-corrected chi connectivity index (χ2v) is 5.05. The van der Waals surface area contributed by atoms with Crippen LogP contribution < -0.4 is 5.32 Å². The molecule has 122 valence electrons. The smallest absolute Gasteiger partial charge is 0.236 e. The molecular weight excluding hydrogens is 315 g/mol. The van der Waals surface area contributed by atoms with E-state index in [0.29, 0.717) is 19.0 Å². The highest BCUT2D eigenvalue weighted by atomic mass is 35.5. The molecule has 0 bridgehead atoms. The molecule has 1 aliphatic heterocycles. The number of nitrogens with zero attached hydrogens (tertiary/aromatic N) is 3. The Bertz CT molecular complexity index is 428. The first-order valence-electron chi connectivity index (χ1n) is 6.66. The van der Waals surface area contributed by atoms with Crippen LogP contribution in [0.4, 0.5) is 0 Å². The number of carbonyl (C=O) groups is 1. The van der Waals surface area contributed by atoms with E-state index in [1.165, 1.54) is 0 Å². The zero-order valence-electron chi connectivity index (χ0n) is 12.7. The molecule has 0 saturated carbocycles. The van der Waals surface area contributed by atoms with Gasteiger partial charge in [-0.3, -0.25) is 9.69 Å². The Morgan fingerprint density at radius 3 is 2.48 bits per heavy atom. The predicted molar refractivity (Wildman–Crippen MR) is 86.3 cm³/mol. The summed E-state index contributed by atoms with van der Waals surface area (Å²) in [5.41, 5.74) is 0.914. The standard InChI is InChI=1S/C13H22N4O2.2ClH/c1-10-11(2)19-12(15-10)8-16(3)9-13(18)17-6-4-14-5-7-17;;/h14H,4-9H2,1-3H3;2*1H. The van der Waals surface area contributed by atoms with Crippen LogP contribution in [0.25, 0.3) is 0 Å². The summed E-state index contributed by atoms with van der Waals surface area (Å²) in [5.74, 6) is 1.69. The molecule has 21 heavy (non-hydrogen) atoms. The van der Waals surface area contributed by atoms with Gasteiger partial charge in [-0.2, -0.15) is 0 Å². The molecule has 1 aromatic rings. The second kappa shape index (κ2) is 9.25. The van der Waals surface area contributed by atoms with Crippen LogP contribution >= 0.6 is 24.8 Å². The van der Waals surface area contributed by atoms with Gasteiger partial charge >= 0.3 is 0 Å². The minimum absolute atomic E-state index is 0. The Morgan fingerprint density at radius 2 is 1.95 bits per heavy atom. The van der Waals surface area contributed by atoms with Crippen LogP contribution in [0.15, 0.2) is 4.42 Å². The van der Waals surface area contributed by atoms with Crippen molar-refractivity contribution in [2.75, 3.05) is 39.8 Å². The van der Waals surface area contributed by atoms with E-state index in [1.807, 2.05) is 30.7 Å². The number of halogens is 2. The van der Waals surface area contributed by atoms with E-state index in [-0.39, 0.29) is 30.7 Å². The van der Waals surface area contributed by atoms with E-state index in [4.69, 9.17) is 4.42 Å². The zero-order valence-corrected chi connectivity index (χ0v) is 14.4. The van der Waals surface area contributed by atoms with Gasteiger partial charge in [-0.1, -0.05) is 0 Å². The number of aromatic nitrogens is 1. The molecule has 1 saturated heterocycles. The lowest BCUT2D eigenvalue weighted by Gasteiger charge is -2.29. The summed E-state index contributed by atoms with van der Waals surface area (Å²) in [6.45, 7) is 8.15. The minimum Gasteiger partial charge on any atom is -0.444 e. The molecule has 0 unspecified atom stereocenters. The monoisotopic (exact) mass is 338 g/mol. The summed E-state index contributed by atoms with van der Waals surface area (Å²) in [4.78, 5) is 20.2. The predicted octanol–water partition coefficient (Wildman–Crippen LogP) is 0.999. The molecule has 8 heteroatoms. The summed E-state index contributed by atoms with van der Waals surface area (Å²) in [5, 5.41) is 3.24. The number of oxazole rings is 1.